The molecular formula is C13H12ClF2N3O4. The molecule has 0 saturated carbocycles. The maximum Gasteiger partial charge on any atom is 0.387 e. The zero-order chi connectivity index (χ0) is 17.6. The normalized spacial score (nSPS) is 10.0. The molecule has 0 aliphatic rings. The number of ether oxygens (including phenoxy) is 1. The van der Waals surface area contributed by atoms with Crippen molar-refractivity contribution in [1.29, 1.82) is 0 Å². The van der Waals surface area contributed by atoms with Crippen molar-refractivity contribution in [3.05, 3.63) is 34.4 Å². The molecule has 0 N–H and O–H groups in total. The van der Waals surface area contributed by atoms with Gasteiger partial charge in [0.1, 0.15) is 11.3 Å². The van der Waals surface area contributed by atoms with Crippen LogP contribution in [0.3, 0.4) is 0 Å². The van der Waals surface area contributed by atoms with Crippen LogP contribution in [0.15, 0.2) is 18.5 Å². The Hall–Kier alpha value is -2.51. The lowest BCUT2D eigenvalue weighted by Crippen LogP contribution is -2.25. The van der Waals surface area contributed by atoms with Gasteiger partial charge < -0.3 is 9.94 Å². The van der Waals surface area contributed by atoms with Gasteiger partial charge in [0.25, 0.3) is 0 Å². The fourth-order valence-corrected chi connectivity index (χ4v) is 2.31. The van der Waals surface area contributed by atoms with E-state index in [1.165, 1.54) is 10.7 Å². The van der Waals surface area contributed by atoms with Crippen LogP contribution in [-0.4, -0.2) is 22.5 Å². The standard InChI is InChI=1S/C12H12ClF2N3O2.CO2/c1-3-8-10(13)11(17(2)16-8)7-6-18(19)5-4-9(7)20-12(14)15;2-1-3/h4-6,12H,3H2,1-2H3;. The second-order valence-electron chi connectivity index (χ2n) is 4.13. The number of aryl methyl sites for hydroxylation is 2. The van der Waals surface area contributed by atoms with Crippen LogP contribution in [-0.2, 0) is 23.1 Å². The van der Waals surface area contributed by atoms with Gasteiger partial charge in [0, 0.05) is 13.1 Å². The molecule has 0 radical (unpaired) electrons. The van der Waals surface area contributed by atoms with Gasteiger partial charge in [-0.15, -0.1) is 0 Å². The summed E-state index contributed by atoms with van der Waals surface area (Å²) in [5, 5.41) is 15.9. The summed E-state index contributed by atoms with van der Waals surface area (Å²) in [4.78, 5) is 16.2. The van der Waals surface area contributed by atoms with Crippen LogP contribution in [0.5, 0.6) is 5.75 Å². The van der Waals surface area contributed by atoms with E-state index in [9.17, 15) is 14.0 Å². The van der Waals surface area contributed by atoms with Crippen LogP contribution < -0.4 is 9.47 Å². The third-order valence-corrected chi connectivity index (χ3v) is 3.15. The van der Waals surface area contributed by atoms with Crippen molar-refractivity contribution in [1.82, 2.24) is 9.78 Å². The van der Waals surface area contributed by atoms with Crippen molar-refractivity contribution in [2.75, 3.05) is 0 Å². The van der Waals surface area contributed by atoms with Gasteiger partial charge in [0.15, 0.2) is 12.4 Å². The first-order valence-electron chi connectivity index (χ1n) is 6.24. The van der Waals surface area contributed by atoms with Gasteiger partial charge in [-0.05, 0) is 6.42 Å². The Kier molecular flexibility index (Phi) is 6.62. The minimum Gasteiger partial charge on any atom is -0.619 e. The van der Waals surface area contributed by atoms with Crippen LogP contribution in [0.25, 0.3) is 11.3 Å². The molecule has 0 saturated heterocycles. The minimum absolute atomic E-state index is 0.125. The number of carbonyl (C=O) groups excluding carboxylic acids is 2. The highest BCUT2D eigenvalue weighted by molar-refractivity contribution is 6.33. The lowest BCUT2D eigenvalue weighted by Gasteiger charge is -2.10. The Balaban J connectivity index is 0.000000816. The van der Waals surface area contributed by atoms with E-state index in [1.807, 2.05) is 6.92 Å². The molecule has 2 aromatic rings. The van der Waals surface area contributed by atoms with Gasteiger partial charge in [-0.25, -0.2) is 0 Å². The third kappa shape index (κ3) is 4.48. The maximum absolute atomic E-state index is 12.4. The summed E-state index contributed by atoms with van der Waals surface area (Å²) in [7, 11) is 1.62. The molecule has 0 amide bonds. The molecule has 2 rings (SSSR count). The molecule has 2 aromatic heterocycles. The number of rotatable bonds is 4. The number of halogens is 3. The second-order valence-corrected chi connectivity index (χ2v) is 4.51. The Morgan fingerprint density at radius 1 is 1.52 bits per heavy atom. The molecule has 0 bridgehead atoms. The van der Waals surface area contributed by atoms with Crippen LogP contribution in [0, 0.1) is 5.21 Å². The molecule has 0 aliphatic carbocycles. The summed E-state index contributed by atoms with van der Waals surface area (Å²) in [6.07, 6.45) is 3.04. The van der Waals surface area contributed by atoms with E-state index in [0.29, 0.717) is 27.6 Å². The molecule has 0 unspecified atom stereocenters. The molecule has 0 spiro atoms. The summed E-state index contributed by atoms with van der Waals surface area (Å²) in [5.41, 5.74) is 1.15. The fraction of sp³-hybridized carbons (Fsp3) is 0.308. The van der Waals surface area contributed by atoms with E-state index in [4.69, 9.17) is 21.2 Å². The molecule has 10 heteroatoms. The lowest BCUT2D eigenvalue weighted by atomic mass is 10.1. The van der Waals surface area contributed by atoms with E-state index in [0.717, 1.165) is 12.4 Å². The Labute approximate surface area is 134 Å². The van der Waals surface area contributed by atoms with E-state index in [2.05, 4.69) is 9.84 Å². The lowest BCUT2D eigenvalue weighted by molar-refractivity contribution is -0.604. The highest BCUT2D eigenvalue weighted by Crippen LogP contribution is 2.36. The SMILES string of the molecule is CCc1nn(C)c(-c2c[n+]([O-])ccc2OC(F)F)c1Cl.O=C=O. The fourth-order valence-electron chi connectivity index (χ4n) is 1.91. The number of hydrogen-bond acceptors (Lipinski definition) is 5. The first kappa shape index (κ1) is 18.5. The predicted molar refractivity (Wildman–Crippen MR) is 73.6 cm³/mol. The average Bonchev–Trinajstić information content (AvgIpc) is 2.76. The van der Waals surface area contributed by atoms with Gasteiger partial charge in [-0.3, -0.25) is 4.68 Å². The second kappa shape index (κ2) is 8.21. The molecule has 0 atom stereocenters. The van der Waals surface area contributed by atoms with Gasteiger partial charge in [-0.1, -0.05) is 18.5 Å². The van der Waals surface area contributed by atoms with E-state index in [1.54, 1.807) is 7.05 Å². The Bertz CT molecular complexity index is 715. The van der Waals surface area contributed by atoms with Crippen LogP contribution in [0.4, 0.5) is 8.78 Å². The number of pyridine rings is 1. The highest BCUT2D eigenvalue weighted by atomic mass is 35.5. The quantitative estimate of drug-likeness (QED) is 0.623. The Morgan fingerprint density at radius 3 is 2.61 bits per heavy atom. The summed E-state index contributed by atoms with van der Waals surface area (Å²) < 4.78 is 31.2. The van der Waals surface area contributed by atoms with Crippen molar-refractivity contribution in [3.63, 3.8) is 0 Å². The monoisotopic (exact) mass is 347 g/mol. The third-order valence-electron chi connectivity index (χ3n) is 2.76. The zero-order valence-corrected chi connectivity index (χ0v) is 12.9. The average molecular weight is 348 g/mol. The van der Waals surface area contributed by atoms with Crippen LogP contribution >= 0.6 is 11.6 Å². The molecule has 0 fully saturated rings. The molecule has 23 heavy (non-hydrogen) atoms. The largest absolute Gasteiger partial charge is 0.619 e. The molecule has 124 valence electrons. The van der Waals surface area contributed by atoms with Gasteiger partial charge >= 0.3 is 12.8 Å². The zero-order valence-electron chi connectivity index (χ0n) is 12.1. The van der Waals surface area contributed by atoms with Gasteiger partial charge in [-0.2, -0.15) is 28.2 Å². The molecule has 0 aromatic carbocycles. The van der Waals surface area contributed by atoms with E-state index < -0.39 is 6.61 Å². The van der Waals surface area contributed by atoms with Gasteiger partial charge in [0.05, 0.1) is 16.4 Å². The van der Waals surface area contributed by atoms with Gasteiger partial charge in [0.2, 0.25) is 0 Å². The molecule has 7 nitrogen and oxygen atoms in total. The van der Waals surface area contributed by atoms with E-state index >= 15 is 0 Å². The summed E-state index contributed by atoms with van der Waals surface area (Å²) in [5.74, 6) is -0.125. The molecule has 2 heterocycles. The Morgan fingerprint density at radius 2 is 2.13 bits per heavy atom. The van der Waals surface area contributed by atoms with Crippen molar-refractivity contribution >= 4 is 17.8 Å². The van der Waals surface area contributed by atoms with Crippen molar-refractivity contribution in [2.24, 2.45) is 7.05 Å². The number of nitrogens with zero attached hydrogens (tertiary/aromatic N) is 3. The highest BCUT2D eigenvalue weighted by Gasteiger charge is 2.22. The number of aromatic nitrogens is 3. The van der Waals surface area contributed by atoms with Crippen LogP contribution in [0.1, 0.15) is 12.6 Å². The molecule has 0 aliphatic heterocycles. The first-order valence-corrected chi connectivity index (χ1v) is 6.62. The van der Waals surface area contributed by atoms with Crippen molar-refractivity contribution in [2.45, 2.75) is 20.0 Å². The maximum atomic E-state index is 12.4. The molecular weight excluding hydrogens is 336 g/mol. The van der Waals surface area contributed by atoms with Crippen LogP contribution in [0.2, 0.25) is 5.02 Å². The van der Waals surface area contributed by atoms with Crippen molar-refractivity contribution < 1.29 is 27.8 Å². The smallest absolute Gasteiger partial charge is 0.387 e. The van der Waals surface area contributed by atoms with E-state index in [-0.39, 0.29) is 17.5 Å². The predicted octanol–water partition coefficient (Wildman–Crippen LogP) is 1.95. The number of alkyl halides is 2. The number of hydrogen-bond donors (Lipinski definition) is 0. The first-order chi connectivity index (χ1) is 10.8. The summed E-state index contributed by atoms with van der Waals surface area (Å²) in [6, 6.07) is 1.17. The summed E-state index contributed by atoms with van der Waals surface area (Å²) in [6.45, 7) is -1.12. The minimum atomic E-state index is -2.99. The summed E-state index contributed by atoms with van der Waals surface area (Å²) >= 11 is 6.19. The topological polar surface area (TPSA) is 88.1 Å². The van der Waals surface area contributed by atoms with Crippen molar-refractivity contribution in [3.8, 4) is 17.0 Å².